The smallest absolute Gasteiger partial charge is 0.199 e. The van der Waals surface area contributed by atoms with Crippen molar-refractivity contribution in [3.8, 4) is 0 Å². The van der Waals surface area contributed by atoms with Crippen molar-refractivity contribution in [1.82, 2.24) is 0 Å². The standard InChI is InChI=1S/C18H22NO2P/c1-18(2)13-20-22(21-14-18)17(15-9-5-3-6-10-15)19-16-11-7-4-8-12-16/h3-12,17,19H,13-14H2,1-2H3/t17-/m0/s1. The minimum Gasteiger partial charge on any atom is -0.370 e. The Morgan fingerprint density at radius 2 is 1.45 bits per heavy atom. The van der Waals surface area contributed by atoms with Crippen LogP contribution >= 0.6 is 8.38 Å². The van der Waals surface area contributed by atoms with Crippen LogP contribution in [0.15, 0.2) is 60.7 Å². The fourth-order valence-electron chi connectivity index (χ4n) is 2.29. The zero-order valence-electron chi connectivity index (χ0n) is 13.0. The van der Waals surface area contributed by atoms with Gasteiger partial charge in [0.25, 0.3) is 0 Å². The summed E-state index contributed by atoms with van der Waals surface area (Å²) in [7, 11) is -1.00. The van der Waals surface area contributed by atoms with E-state index in [2.05, 4.69) is 55.6 Å². The first-order chi connectivity index (χ1) is 10.6. The molecular weight excluding hydrogens is 293 g/mol. The van der Waals surface area contributed by atoms with Crippen LogP contribution in [0.4, 0.5) is 5.69 Å². The fourth-order valence-corrected chi connectivity index (χ4v) is 4.29. The molecule has 0 radical (unpaired) electrons. The summed E-state index contributed by atoms with van der Waals surface area (Å²) in [5, 5.41) is 3.57. The van der Waals surface area contributed by atoms with E-state index in [1.807, 2.05) is 24.3 Å². The van der Waals surface area contributed by atoms with Crippen LogP contribution in [0.2, 0.25) is 0 Å². The second-order valence-electron chi connectivity index (χ2n) is 6.32. The summed E-state index contributed by atoms with van der Waals surface area (Å²) in [4.78, 5) is 0. The van der Waals surface area contributed by atoms with Gasteiger partial charge in [-0.25, -0.2) is 0 Å². The molecule has 1 heterocycles. The van der Waals surface area contributed by atoms with E-state index in [0.29, 0.717) is 0 Å². The summed E-state index contributed by atoms with van der Waals surface area (Å²) in [5.74, 6) is 0.0368. The third-order valence-electron chi connectivity index (χ3n) is 3.57. The minimum absolute atomic E-state index is 0.0368. The molecule has 0 bridgehead atoms. The second-order valence-corrected chi connectivity index (χ2v) is 7.92. The average Bonchev–Trinajstić information content (AvgIpc) is 2.55. The highest BCUT2D eigenvalue weighted by Gasteiger charge is 2.34. The van der Waals surface area contributed by atoms with Crippen molar-refractivity contribution in [2.24, 2.45) is 5.41 Å². The molecule has 3 nitrogen and oxygen atoms in total. The van der Waals surface area contributed by atoms with Crippen molar-refractivity contribution in [3.63, 3.8) is 0 Å². The van der Waals surface area contributed by atoms with Crippen molar-refractivity contribution in [3.05, 3.63) is 66.2 Å². The number of rotatable bonds is 4. The molecule has 116 valence electrons. The SMILES string of the molecule is CC1(C)COP([C@H](Nc2ccccc2)c2ccccc2)OC1. The Labute approximate surface area is 133 Å². The topological polar surface area (TPSA) is 30.5 Å². The number of anilines is 1. The lowest BCUT2D eigenvalue weighted by molar-refractivity contribution is 0.0595. The summed E-state index contributed by atoms with van der Waals surface area (Å²) < 4.78 is 12.1. The second kappa shape index (κ2) is 6.78. The molecule has 1 aliphatic rings. The van der Waals surface area contributed by atoms with E-state index in [9.17, 15) is 0 Å². The summed E-state index contributed by atoms with van der Waals surface area (Å²) in [6, 6.07) is 20.6. The molecular formula is C18H22NO2P. The van der Waals surface area contributed by atoms with E-state index >= 15 is 0 Å². The predicted octanol–water partition coefficient (Wildman–Crippen LogP) is 5.18. The summed E-state index contributed by atoms with van der Waals surface area (Å²) in [5.41, 5.74) is 2.36. The van der Waals surface area contributed by atoms with E-state index in [0.717, 1.165) is 18.9 Å². The zero-order valence-corrected chi connectivity index (χ0v) is 13.9. The Bertz CT molecular complexity index is 579. The monoisotopic (exact) mass is 315 g/mol. The maximum atomic E-state index is 6.06. The van der Waals surface area contributed by atoms with Crippen LogP contribution in [0, 0.1) is 5.41 Å². The summed E-state index contributed by atoms with van der Waals surface area (Å²) >= 11 is 0. The third kappa shape index (κ3) is 3.86. The highest BCUT2D eigenvalue weighted by Crippen LogP contribution is 2.56. The van der Waals surface area contributed by atoms with Gasteiger partial charge in [-0.15, -0.1) is 0 Å². The first-order valence-electron chi connectivity index (χ1n) is 7.56. The number of benzene rings is 2. The molecule has 0 unspecified atom stereocenters. The van der Waals surface area contributed by atoms with Gasteiger partial charge in [-0.1, -0.05) is 62.4 Å². The maximum Gasteiger partial charge on any atom is 0.199 e. The first-order valence-corrected chi connectivity index (χ1v) is 8.80. The normalized spacial score (nSPS) is 19.5. The van der Waals surface area contributed by atoms with Gasteiger partial charge in [-0.2, -0.15) is 0 Å². The van der Waals surface area contributed by atoms with Crippen molar-refractivity contribution in [2.75, 3.05) is 18.5 Å². The molecule has 2 aromatic rings. The molecule has 22 heavy (non-hydrogen) atoms. The Morgan fingerprint density at radius 1 is 0.909 bits per heavy atom. The Balaban J connectivity index is 1.81. The minimum atomic E-state index is -1.00. The van der Waals surface area contributed by atoms with Crippen molar-refractivity contribution < 1.29 is 9.05 Å². The largest absolute Gasteiger partial charge is 0.370 e. The van der Waals surface area contributed by atoms with Gasteiger partial charge in [0.2, 0.25) is 0 Å². The van der Waals surface area contributed by atoms with E-state index in [-0.39, 0.29) is 11.2 Å². The van der Waals surface area contributed by atoms with Gasteiger partial charge in [-0.05, 0) is 17.7 Å². The van der Waals surface area contributed by atoms with Gasteiger partial charge in [-0.3, -0.25) is 0 Å². The van der Waals surface area contributed by atoms with Gasteiger partial charge in [0.05, 0.1) is 13.2 Å². The summed E-state index contributed by atoms with van der Waals surface area (Å²) in [6.45, 7) is 5.81. The molecule has 1 atom stereocenters. The predicted molar refractivity (Wildman–Crippen MR) is 91.9 cm³/mol. The average molecular weight is 315 g/mol. The van der Waals surface area contributed by atoms with Crippen molar-refractivity contribution in [1.29, 1.82) is 0 Å². The molecule has 2 aromatic carbocycles. The molecule has 1 aliphatic heterocycles. The van der Waals surface area contributed by atoms with Gasteiger partial charge in [0.1, 0.15) is 5.78 Å². The number of nitrogens with one attached hydrogen (secondary N) is 1. The number of hydrogen-bond acceptors (Lipinski definition) is 3. The van der Waals surface area contributed by atoms with Gasteiger partial charge >= 0.3 is 0 Å². The van der Waals surface area contributed by atoms with Crippen LogP contribution in [-0.2, 0) is 9.05 Å². The molecule has 0 amide bonds. The van der Waals surface area contributed by atoms with Gasteiger partial charge in [0.15, 0.2) is 8.38 Å². The maximum absolute atomic E-state index is 6.06. The van der Waals surface area contributed by atoms with Crippen LogP contribution < -0.4 is 5.32 Å². The van der Waals surface area contributed by atoms with E-state index in [1.165, 1.54) is 5.56 Å². The van der Waals surface area contributed by atoms with E-state index < -0.39 is 8.38 Å². The Morgan fingerprint density at radius 3 is 2.05 bits per heavy atom. The van der Waals surface area contributed by atoms with E-state index in [4.69, 9.17) is 9.05 Å². The van der Waals surface area contributed by atoms with Crippen LogP contribution in [0.5, 0.6) is 0 Å². The Kier molecular flexibility index (Phi) is 4.77. The van der Waals surface area contributed by atoms with E-state index in [1.54, 1.807) is 0 Å². The molecule has 3 rings (SSSR count). The molecule has 1 fully saturated rings. The molecule has 0 aromatic heterocycles. The first kappa shape index (κ1) is 15.5. The Hall–Kier alpha value is -1.41. The van der Waals surface area contributed by atoms with Crippen LogP contribution in [0.3, 0.4) is 0 Å². The molecule has 0 spiro atoms. The molecule has 1 saturated heterocycles. The zero-order chi connectivity index (χ0) is 15.4. The number of para-hydroxylation sites is 1. The highest BCUT2D eigenvalue weighted by atomic mass is 31.2. The molecule has 0 aliphatic carbocycles. The quantitative estimate of drug-likeness (QED) is 0.788. The fraction of sp³-hybridized carbons (Fsp3) is 0.333. The lowest BCUT2D eigenvalue weighted by Crippen LogP contribution is -2.30. The van der Waals surface area contributed by atoms with Crippen LogP contribution in [-0.4, -0.2) is 13.2 Å². The van der Waals surface area contributed by atoms with Gasteiger partial charge in [0, 0.05) is 11.1 Å². The lowest BCUT2D eigenvalue weighted by Gasteiger charge is -2.37. The summed E-state index contributed by atoms with van der Waals surface area (Å²) in [6.07, 6.45) is 0. The molecule has 0 saturated carbocycles. The lowest BCUT2D eigenvalue weighted by atomic mass is 9.97. The highest BCUT2D eigenvalue weighted by molar-refractivity contribution is 7.47. The molecule has 1 N–H and O–H groups in total. The van der Waals surface area contributed by atoms with Crippen molar-refractivity contribution >= 4 is 14.1 Å². The number of hydrogen-bond donors (Lipinski definition) is 1. The van der Waals surface area contributed by atoms with Crippen molar-refractivity contribution in [2.45, 2.75) is 19.6 Å². The molecule has 4 heteroatoms. The third-order valence-corrected chi connectivity index (χ3v) is 5.18. The van der Waals surface area contributed by atoms with Crippen LogP contribution in [0.1, 0.15) is 25.2 Å². The van der Waals surface area contributed by atoms with Gasteiger partial charge < -0.3 is 14.4 Å². The van der Waals surface area contributed by atoms with Crippen LogP contribution in [0.25, 0.3) is 0 Å².